The maximum Gasteiger partial charge on any atom is 0.174 e. The van der Waals surface area contributed by atoms with E-state index < -0.39 is 17.2 Å². The summed E-state index contributed by atoms with van der Waals surface area (Å²) in [5, 5.41) is 12.7. The van der Waals surface area contributed by atoms with Crippen molar-refractivity contribution < 1.29 is 28.8 Å². The maximum absolute atomic E-state index is 12.7. The van der Waals surface area contributed by atoms with E-state index in [9.17, 15) is 5.11 Å². The lowest BCUT2D eigenvalue weighted by Gasteiger charge is -2.65. The topological polar surface area (TPSA) is 69.7 Å². The van der Waals surface area contributed by atoms with Gasteiger partial charge in [0.25, 0.3) is 0 Å². The van der Waals surface area contributed by atoms with Gasteiger partial charge < -0.3 is 28.8 Å². The van der Waals surface area contributed by atoms with Crippen LogP contribution in [0.5, 0.6) is 0 Å². The van der Waals surface area contributed by atoms with E-state index in [1.54, 1.807) is 0 Å². The van der Waals surface area contributed by atoms with E-state index in [1.807, 2.05) is 0 Å². The molecule has 33 heavy (non-hydrogen) atoms. The fourth-order valence-corrected chi connectivity index (χ4v) is 10.5. The minimum atomic E-state index is -0.723. The van der Waals surface area contributed by atoms with Crippen LogP contribution >= 0.6 is 0 Å². The van der Waals surface area contributed by atoms with E-state index in [1.165, 1.54) is 0 Å². The Morgan fingerprint density at radius 1 is 0.879 bits per heavy atom. The molecule has 3 spiro atoms. The van der Waals surface area contributed by atoms with Gasteiger partial charge in [0.1, 0.15) is 5.60 Å². The summed E-state index contributed by atoms with van der Waals surface area (Å²) in [6, 6.07) is 0. The largest absolute Gasteiger partial charge is 0.390 e. The molecule has 7 rings (SSSR count). The lowest BCUT2D eigenvalue weighted by Crippen LogP contribution is -2.69. The van der Waals surface area contributed by atoms with Gasteiger partial charge in [0, 0.05) is 30.1 Å². The first-order valence-electron chi connectivity index (χ1n) is 13.7. The van der Waals surface area contributed by atoms with Crippen molar-refractivity contribution in [1.29, 1.82) is 0 Å². The zero-order valence-electron chi connectivity index (χ0n) is 20.7. The van der Waals surface area contributed by atoms with Gasteiger partial charge in [-0.1, -0.05) is 33.6 Å². The quantitative estimate of drug-likeness (QED) is 0.635. The molecule has 3 heterocycles. The summed E-state index contributed by atoms with van der Waals surface area (Å²) >= 11 is 0. The Kier molecular flexibility index (Phi) is 4.49. The minimum absolute atomic E-state index is 0.0574. The predicted molar refractivity (Wildman–Crippen MR) is 120 cm³/mol. The molecule has 7 fully saturated rings. The van der Waals surface area contributed by atoms with Crippen LogP contribution in [-0.2, 0) is 23.7 Å². The molecule has 1 N–H and O–H groups in total. The molecular formula is C27H42O6. The van der Waals surface area contributed by atoms with Crippen LogP contribution in [0.1, 0.15) is 85.0 Å². The highest BCUT2D eigenvalue weighted by Crippen LogP contribution is 2.78. The van der Waals surface area contributed by atoms with Crippen molar-refractivity contribution in [1.82, 2.24) is 0 Å². The molecule has 0 amide bonds. The second kappa shape index (κ2) is 6.74. The van der Waals surface area contributed by atoms with Gasteiger partial charge in [0.15, 0.2) is 11.6 Å². The molecule has 3 saturated heterocycles. The zero-order valence-corrected chi connectivity index (χ0v) is 20.7. The lowest BCUT2D eigenvalue weighted by atomic mass is 9.40. The van der Waals surface area contributed by atoms with E-state index in [0.29, 0.717) is 38.3 Å². The van der Waals surface area contributed by atoms with E-state index in [-0.39, 0.29) is 28.5 Å². The van der Waals surface area contributed by atoms with Gasteiger partial charge in [0.05, 0.1) is 38.1 Å². The molecule has 6 nitrogen and oxygen atoms in total. The van der Waals surface area contributed by atoms with Gasteiger partial charge in [-0.3, -0.25) is 0 Å². The molecule has 4 saturated carbocycles. The molecule has 3 aliphatic heterocycles. The molecule has 0 radical (unpaired) electrons. The van der Waals surface area contributed by atoms with Crippen LogP contribution in [0, 0.1) is 28.6 Å². The molecule has 0 aromatic heterocycles. The zero-order chi connectivity index (χ0) is 22.7. The van der Waals surface area contributed by atoms with Gasteiger partial charge in [-0.05, 0) is 49.9 Å². The first-order chi connectivity index (χ1) is 15.8. The number of epoxide rings is 1. The average molecular weight is 463 g/mol. The summed E-state index contributed by atoms with van der Waals surface area (Å²) < 4.78 is 31.8. The number of hydrogen-bond donors (Lipinski definition) is 1. The van der Waals surface area contributed by atoms with E-state index in [2.05, 4.69) is 20.8 Å². The number of rotatable bonds is 3. The van der Waals surface area contributed by atoms with Crippen LogP contribution in [-0.4, -0.2) is 60.4 Å². The summed E-state index contributed by atoms with van der Waals surface area (Å²) in [6.45, 7) is 9.78. The molecule has 0 bridgehead atoms. The summed E-state index contributed by atoms with van der Waals surface area (Å²) in [6.07, 6.45) is 9.92. The summed E-state index contributed by atoms with van der Waals surface area (Å²) in [4.78, 5) is 0. The predicted octanol–water partition coefficient (Wildman–Crippen LogP) is 4.18. The molecule has 7 aliphatic rings. The van der Waals surface area contributed by atoms with Crippen LogP contribution in [0.4, 0.5) is 0 Å². The highest BCUT2D eigenvalue weighted by atomic mass is 16.7. The fourth-order valence-electron chi connectivity index (χ4n) is 10.5. The maximum atomic E-state index is 12.7. The van der Waals surface area contributed by atoms with Crippen LogP contribution < -0.4 is 0 Å². The highest BCUT2D eigenvalue weighted by Gasteiger charge is 2.82. The first kappa shape index (κ1) is 22.0. The van der Waals surface area contributed by atoms with Crippen molar-refractivity contribution in [2.24, 2.45) is 28.6 Å². The van der Waals surface area contributed by atoms with E-state index >= 15 is 0 Å². The SMILES string of the molecule is CCCC[C@]1(O)C[C@@]2(C)[C@@H](CCC23OCCO3)[C@@H]2C[C@@H]3O[C@@]34CC3(CC[C@]4(C)[C@H]21)OCCO3. The first-order valence-corrected chi connectivity index (χ1v) is 13.7. The number of ether oxygens (including phenoxy) is 5. The van der Waals surface area contributed by atoms with Crippen molar-refractivity contribution in [2.45, 2.75) is 114 Å². The Labute approximate surface area is 198 Å². The van der Waals surface area contributed by atoms with E-state index in [4.69, 9.17) is 23.7 Å². The van der Waals surface area contributed by atoms with E-state index in [0.717, 1.165) is 64.2 Å². The summed E-state index contributed by atoms with van der Waals surface area (Å²) in [5.74, 6) is 0.225. The van der Waals surface area contributed by atoms with Gasteiger partial charge in [-0.25, -0.2) is 0 Å². The number of hydrogen-bond acceptors (Lipinski definition) is 6. The summed E-state index contributed by atoms with van der Waals surface area (Å²) in [7, 11) is 0. The van der Waals surface area contributed by atoms with Gasteiger partial charge in [0.2, 0.25) is 0 Å². The van der Waals surface area contributed by atoms with Crippen molar-refractivity contribution in [3.63, 3.8) is 0 Å². The third kappa shape index (κ3) is 2.56. The highest BCUT2D eigenvalue weighted by molar-refractivity contribution is 5.29. The number of fused-ring (bicyclic) bond motifs is 5. The smallest absolute Gasteiger partial charge is 0.174 e. The normalized spacial score (nSPS) is 55.3. The molecule has 4 aliphatic carbocycles. The fraction of sp³-hybridized carbons (Fsp3) is 1.00. The number of aliphatic hydroxyl groups is 1. The summed E-state index contributed by atoms with van der Waals surface area (Å²) in [5.41, 5.74) is -1.13. The van der Waals surface area contributed by atoms with Crippen molar-refractivity contribution in [3.8, 4) is 0 Å². The molecule has 0 unspecified atom stereocenters. The molecule has 6 heteroatoms. The Bertz CT molecular complexity index is 819. The van der Waals surface area contributed by atoms with Crippen LogP contribution in [0.25, 0.3) is 0 Å². The Morgan fingerprint density at radius 2 is 1.61 bits per heavy atom. The average Bonchev–Trinajstić information content (AvgIpc) is 3.14. The van der Waals surface area contributed by atoms with Crippen molar-refractivity contribution in [2.75, 3.05) is 26.4 Å². The second-order valence-electron chi connectivity index (χ2n) is 13.0. The monoisotopic (exact) mass is 462 g/mol. The molecule has 186 valence electrons. The Balaban J connectivity index is 1.30. The molecule has 0 aromatic rings. The van der Waals surface area contributed by atoms with Crippen molar-refractivity contribution in [3.05, 3.63) is 0 Å². The third-order valence-corrected chi connectivity index (χ3v) is 11.7. The number of unbranched alkanes of at least 4 members (excludes halogenated alkanes) is 1. The van der Waals surface area contributed by atoms with Crippen molar-refractivity contribution >= 4 is 0 Å². The lowest BCUT2D eigenvalue weighted by molar-refractivity contribution is -0.294. The molecule has 0 aromatic carbocycles. The Morgan fingerprint density at radius 3 is 2.33 bits per heavy atom. The molecule has 8 atom stereocenters. The van der Waals surface area contributed by atoms with Crippen LogP contribution in [0.15, 0.2) is 0 Å². The van der Waals surface area contributed by atoms with Crippen LogP contribution in [0.3, 0.4) is 0 Å². The van der Waals surface area contributed by atoms with Gasteiger partial charge in [-0.15, -0.1) is 0 Å². The minimum Gasteiger partial charge on any atom is -0.390 e. The van der Waals surface area contributed by atoms with Gasteiger partial charge >= 0.3 is 0 Å². The third-order valence-electron chi connectivity index (χ3n) is 11.7. The van der Waals surface area contributed by atoms with Crippen LogP contribution in [0.2, 0.25) is 0 Å². The van der Waals surface area contributed by atoms with Gasteiger partial charge in [-0.2, -0.15) is 0 Å². The molecular weight excluding hydrogens is 420 g/mol. The second-order valence-corrected chi connectivity index (χ2v) is 13.0. The Hall–Kier alpha value is -0.240. The standard InChI is InChI=1S/C27H42O6/c1-4-5-7-24(28)16-23(3)19(6-8-27(23)31-13-14-32-27)18-15-20-26(33-20)17-25(29-11-12-30-25)10-9-22(26,2)21(18)24/h18-21,28H,4-17H2,1-3H3/t18-,19-,20-,21-,22+,23-,24-,26-/m0/s1.